The molecule has 0 N–H and O–H groups in total. The van der Waals surface area contributed by atoms with Gasteiger partial charge in [0.2, 0.25) is 0 Å². The van der Waals surface area contributed by atoms with Crippen molar-refractivity contribution in [3.8, 4) is 6.07 Å². The second-order valence-electron chi connectivity index (χ2n) is 4.77. The van der Waals surface area contributed by atoms with E-state index < -0.39 is 4.92 Å². The van der Waals surface area contributed by atoms with Crippen molar-refractivity contribution in [2.45, 2.75) is 12.8 Å². The van der Waals surface area contributed by atoms with Gasteiger partial charge in [0.15, 0.2) is 6.61 Å². The van der Waals surface area contributed by atoms with Crippen LogP contribution in [0.15, 0.2) is 24.3 Å². The first-order valence-corrected chi connectivity index (χ1v) is 6.65. The molecule has 2 rings (SSSR count). The molecule has 1 aliphatic heterocycles. The number of ether oxygens (including phenoxy) is 1. The van der Waals surface area contributed by atoms with E-state index in [4.69, 9.17) is 10.00 Å². The highest BCUT2D eigenvalue weighted by Gasteiger charge is 2.28. The van der Waals surface area contributed by atoms with Crippen molar-refractivity contribution in [3.63, 3.8) is 0 Å². The van der Waals surface area contributed by atoms with Crippen molar-refractivity contribution in [2.75, 3.05) is 24.6 Å². The zero-order valence-electron chi connectivity index (χ0n) is 11.4. The molecule has 1 aromatic rings. The third kappa shape index (κ3) is 3.48. The monoisotopic (exact) mass is 289 g/mol. The summed E-state index contributed by atoms with van der Waals surface area (Å²) >= 11 is 0. The smallest absolute Gasteiger partial charge is 0.310 e. The van der Waals surface area contributed by atoms with Crippen molar-refractivity contribution in [2.24, 2.45) is 5.92 Å². The highest BCUT2D eigenvalue weighted by atomic mass is 16.6. The number of nitro benzene ring substituents is 1. The van der Waals surface area contributed by atoms with Crippen molar-refractivity contribution < 1.29 is 14.5 Å². The molecule has 110 valence electrons. The number of piperidine rings is 1. The molecule has 0 amide bonds. The summed E-state index contributed by atoms with van der Waals surface area (Å²) in [6.07, 6.45) is 1.13. The van der Waals surface area contributed by atoms with Crippen LogP contribution in [0, 0.1) is 27.4 Å². The number of hydrogen-bond donors (Lipinski definition) is 0. The number of rotatable bonds is 4. The first-order chi connectivity index (χ1) is 10.1. The molecule has 7 heteroatoms. The summed E-state index contributed by atoms with van der Waals surface area (Å²) in [5.41, 5.74) is 0.648. The van der Waals surface area contributed by atoms with Crippen LogP contribution >= 0.6 is 0 Å². The Morgan fingerprint density at radius 3 is 2.71 bits per heavy atom. The van der Waals surface area contributed by atoms with Gasteiger partial charge in [0.05, 0.1) is 10.8 Å². The van der Waals surface area contributed by atoms with E-state index >= 15 is 0 Å². The summed E-state index contributed by atoms with van der Waals surface area (Å²) in [6, 6.07) is 8.35. The van der Waals surface area contributed by atoms with E-state index in [-0.39, 0.29) is 24.2 Å². The van der Waals surface area contributed by atoms with Gasteiger partial charge in [0, 0.05) is 19.2 Å². The predicted molar refractivity (Wildman–Crippen MR) is 74.6 cm³/mol. The van der Waals surface area contributed by atoms with Crippen LogP contribution in [0.2, 0.25) is 0 Å². The Kier molecular flexibility index (Phi) is 4.72. The fraction of sp³-hybridized carbons (Fsp3) is 0.429. The number of nitrogens with zero attached hydrogens (tertiary/aromatic N) is 3. The average molecular weight is 289 g/mol. The molecule has 0 unspecified atom stereocenters. The maximum Gasteiger partial charge on any atom is 0.310 e. The fourth-order valence-corrected chi connectivity index (χ4v) is 2.46. The molecule has 0 radical (unpaired) electrons. The molecule has 21 heavy (non-hydrogen) atoms. The second kappa shape index (κ2) is 6.70. The van der Waals surface area contributed by atoms with Crippen LogP contribution in [-0.4, -0.2) is 30.6 Å². The fourth-order valence-electron chi connectivity index (χ4n) is 2.46. The van der Waals surface area contributed by atoms with Gasteiger partial charge >= 0.3 is 5.97 Å². The second-order valence-corrected chi connectivity index (χ2v) is 4.77. The molecule has 1 fully saturated rings. The van der Waals surface area contributed by atoms with Gasteiger partial charge in [-0.05, 0) is 18.9 Å². The van der Waals surface area contributed by atoms with Gasteiger partial charge in [0.25, 0.3) is 5.69 Å². The Labute approximate surface area is 121 Å². The summed E-state index contributed by atoms with van der Waals surface area (Å²) in [5.74, 6) is -0.601. The van der Waals surface area contributed by atoms with Gasteiger partial charge in [-0.2, -0.15) is 5.26 Å². The quantitative estimate of drug-likeness (QED) is 0.477. The molecule has 0 saturated carbocycles. The number of nitro groups is 1. The zero-order valence-corrected chi connectivity index (χ0v) is 11.4. The number of nitriles is 1. The SMILES string of the molecule is N#CCOC(=O)C1CCN(c2ccccc2[N+](=O)[O-])CC1. The first kappa shape index (κ1) is 14.8. The third-order valence-corrected chi connectivity index (χ3v) is 3.53. The molecule has 0 aliphatic carbocycles. The lowest BCUT2D eigenvalue weighted by atomic mass is 9.96. The zero-order chi connectivity index (χ0) is 15.2. The molecule has 0 atom stereocenters. The van der Waals surface area contributed by atoms with Gasteiger partial charge in [-0.15, -0.1) is 0 Å². The number of anilines is 1. The van der Waals surface area contributed by atoms with Gasteiger partial charge < -0.3 is 9.64 Å². The Morgan fingerprint density at radius 1 is 1.43 bits per heavy atom. The van der Waals surface area contributed by atoms with E-state index in [2.05, 4.69) is 0 Å². The third-order valence-electron chi connectivity index (χ3n) is 3.53. The molecule has 1 heterocycles. The molecule has 0 aromatic heterocycles. The van der Waals surface area contributed by atoms with E-state index in [0.29, 0.717) is 31.6 Å². The van der Waals surface area contributed by atoms with Crippen molar-refractivity contribution in [1.82, 2.24) is 0 Å². The Balaban J connectivity index is 2.00. The van der Waals surface area contributed by atoms with E-state index in [1.165, 1.54) is 6.07 Å². The van der Waals surface area contributed by atoms with Crippen LogP contribution in [-0.2, 0) is 9.53 Å². The van der Waals surface area contributed by atoms with E-state index in [9.17, 15) is 14.9 Å². The van der Waals surface area contributed by atoms with Crippen molar-refractivity contribution in [1.29, 1.82) is 5.26 Å². The minimum atomic E-state index is -0.400. The number of para-hydroxylation sites is 2. The normalized spacial score (nSPS) is 15.3. The van der Waals surface area contributed by atoms with Gasteiger partial charge in [-0.1, -0.05) is 12.1 Å². The Morgan fingerprint density at radius 2 is 2.10 bits per heavy atom. The predicted octanol–water partition coefficient (Wildman–Crippen LogP) is 1.88. The summed E-state index contributed by atoms with van der Waals surface area (Å²) in [5, 5.41) is 19.4. The van der Waals surface area contributed by atoms with Crippen molar-refractivity contribution in [3.05, 3.63) is 34.4 Å². The van der Waals surface area contributed by atoms with Crippen LogP contribution in [0.3, 0.4) is 0 Å². The summed E-state index contributed by atoms with van der Waals surface area (Å²) in [4.78, 5) is 24.2. The topological polar surface area (TPSA) is 96.5 Å². The van der Waals surface area contributed by atoms with Crippen LogP contribution in [0.1, 0.15) is 12.8 Å². The minimum Gasteiger partial charge on any atom is -0.450 e. The largest absolute Gasteiger partial charge is 0.450 e. The summed E-state index contributed by atoms with van der Waals surface area (Å²) in [7, 11) is 0. The summed E-state index contributed by atoms with van der Waals surface area (Å²) in [6.45, 7) is 0.873. The maximum atomic E-state index is 11.7. The van der Waals surface area contributed by atoms with Crippen LogP contribution in [0.4, 0.5) is 11.4 Å². The van der Waals surface area contributed by atoms with E-state index in [1.54, 1.807) is 24.3 Å². The number of carbonyl (C=O) groups is 1. The van der Waals surface area contributed by atoms with Crippen LogP contribution in [0.25, 0.3) is 0 Å². The first-order valence-electron chi connectivity index (χ1n) is 6.65. The highest BCUT2D eigenvalue weighted by Crippen LogP contribution is 2.31. The number of carbonyl (C=O) groups excluding carboxylic acids is 1. The Bertz CT molecular complexity index is 574. The Hall–Kier alpha value is -2.62. The highest BCUT2D eigenvalue weighted by molar-refractivity contribution is 5.73. The average Bonchev–Trinajstić information content (AvgIpc) is 2.52. The van der Waals surface area contributed by atoms with Crippen LogP contribution in [0.5, 0.6) is 0 Å². The van der Waals surface area contributed by atoms with E-state index in [0.717, 1.165) is 0 Å². The minimum absolute atomic E-state index is 0.0722. The van der Waals surface area contributed by atoms with Crippen molar-refractivity contribution >= 4 is 17.3 Å². The van der Waals surface area contributed by atoms with E-state index in [1.807, 2.05) is 4.90 Å². The van der Waals surface area contributed by atoms with Gasteiger partial charge in [0.1, 0.15) is 11.8 Å². The lowest BCUT2D eigenvalue weighted by Gasteiger charge is -2.32. The molecule has 7 nitrogen and oxygen atoms in total. The molecule has 0 bridgehead atoms. The number of benzene rings is 1. The van der Waals surface area contributed by atoms with Gasteiger partial charge in [-0.25, -0.2) is 0 Å². The maximum absolute atomic E-state index is 11.7. The molecule has 1 aliphatic rings. The number of esters is 1. The molecule has 1 aromatic carbocycles. The lowest BCUT2D eigenvalue weighted by Crippen LogP contribution is -2.37. The summed E-state index contributed by atoms with van der Waals surface area (Å²) < 4.78 is 4.81. The van der Waals surface area contributed by atoms with Gasteiger partial charge in [-0.3, -0.25) is 14.9 Å². The lowest BCUT2D eigenvalue weighted by molar-refractivity contribution is -0.384. The van der Waals surface area contributed by atoms with Crippen LogP contribution < -0.4 is 4.90 Å². The molecular formula is C14H15N3O4. The standard InChI is InChI=1S/C14H15N3O4/c15-7-10-21-14(18)11-5-8-16(9-6-11)12-3-1-2-4-13(12)17(19)20/h1-4,11H,5-6,8-10H2. The molecular weight excluding hydrogens is 274 g/mol. The molecule has 1 saturated heterocycles. The molecule has 0 spiro atoms. The number of hydrogen-bond acceptors (Lipinski definition) is 6.